The van der Waals surface area contributed by atoms with Crippen LogP contribution in [0.15, 0.2) is 35.7 Å². The van der Waals surface area contributed by atoms with Gasteiger partial charge < -0.3 is 5.32 Å². The molecule has 1 aromatic carbocycles. The van der Waals surface area contributed by atoms with Gasteiger partial charge in [0.25, 0.3) is 0 Å². The molecule has 0 radical (unpaired) electrons. The van der Waals surface area contributed by atoms with E-state index in [1.54, 1.807) is 23.5 Å². The second-order valence-electron chi connectivity index (χ2n) is 4.52. The van der Waals surface area contributed by atoms with Crippen molar-refractivity contribution in [3.8, 4) is 0 Å². The van der Waals surface area contributed by atoms with Crippen molar-refractivity contribution >= 4 is 11.3 Å². The van der Waals surface area contributed by atoms with Crippen molar-refractivity contribution in [1.29, 1.82) is 0 Å². The Labute approximate surface area is 116 Å². The number of rotatable bonds is 6. The third-order valence-corrected chi connectivity index (χ3v) is 4.16. The molecule has 1 aromatic heterocycles. The molecule has 102 valence electrons. The second-order valence-corrected chi connectivity index (χ2v) is 5.55. The minimum absolute atomic E-state index is 0.151. The van der Waals surface area contributed by atoms with Crippen LogP contribution in [-0.4, -0.2) is 13.1 Å². The van der Waals surface area contributed by atoms with Crippen molar-refractivity contribution < 1.29 is 8.78 Å². The monoisotopic (exact) mass is 281 g/mol. The standard InChI is InChI=1S/C15H17F2NS/c1-18-12(7-8-13-5-3-9-19-13)10-11-4-2-6-14(16)15(11)17/h2-6,9,12,18H,7-8,10H2,1H3. The summed E-state index contributed by atoms with van der Waals surface area (Å²) in [5.41, 5.74) is 0.436. The topological polar surface area (TPSA) is 12.0 Å². The van der Waals surface area contributed by atoms with E-state index in [0.717, 1.165) is 18.9 Å². The highest BCUT2D eigenvalue weighted by Gasteiger charge is 2.13. The van der Waals surface area contributed by atoms with E-state index in [-0.39, 0.29) is 6.04 Å². The largest absolute Gasteiger partial charge is 0.317 e. The smallest absolute Gasteiger partial charge is 0.162 e. The zero-order valence-electron chi connectivity index (χ0n) is 10.8. The van der Waals surface area contributed by atoms with E-state index >= 15 is 0 Å². The van der Waals surface area contributed by atoms with Gasteiger partial charge >= 0.3 is 0 Å². The van der Waals surface area contributed by atoms with Crippen LogP contribution in [0.4, 0.5) is 8.78 Å². The summed E-state index contributed by atoms with van der Waals surface area (Å²) >= 11 is 1.73. The summed E-state index contributed by atoms with van der Waals surface area (Å²) in [4.78, 5) is 1.32. The molecule has 0 saturated heterocycles. The molecule has 0 aliphatic rings. The highest BCUT2D eigenvalue weighted by molar-refractivity contribution is 7.09. The van der Waals surface area contributed by atoms with E-state index in [9.17, 15) is 8.78 Å². The van der Waals surface area contributed by atoms with Crippen molar-refractivity contribution in [3.63, 3.8) is 0 Å². The summed E-state index contributed by atoms with van der Waals surface area (Å²) in [6, 6.07) is 8.63. The summed E-state index contributed by atoms with van der Waals surface area (Å²) < 4.78 is 26.8. The summed E-state index contributed by atoms with van der Waals surface area (Å²) in [5.74, 6) is -1.50. The van der Waals surface area contributed by atoms with Gasteiger partial charge in [-0.05, 0) is 49.4 Å². The van der Waals surface area contributed by atoms with Crippen LogP contribution in [0.25, 0.3) is 0 Å². The van der Waals surface area contributed by atoms with E-state index < -0.39 is 11.6 Å². The Hall–Kier alpha value is -1.26. The lowest BCUT2D eigenvalue weighted by molar-refractivity contribution is 0.473. The molecule has 0 aliphatic heterocycles. The number of hydrogen-bond donors (Lipinski definition) is 1. The molecule has 2 rings (SSSR count). The maximum Gasteiger partial charge on any atom is 0.162 e. The molecule has 2 aromatic rings. The van der Waals surface area contributed by atoms with Crippen LogP contribution in [0.1, 0.15) is 16.9 Å². The van der Waals surface area contributed by atoms with Crippen molar-refractivity contribution in [1.82, 2.24) is 5.32 Å². The molecule has 19 heavy (non-hydrogen) atoms. The molecule has 0 aliphatic carbocycles. The molecule has 4 heteroatoms. The van der Waals surface area contributed by atoms with Gasteiger partial charge in [0, 0.05) is 10.9 Å². The molecule has 0 spiro atoms. The zero-order valence-corrected chi connectivity index (χ0v) is 11.6. The van der Waals surface area contributed by atoms with Gasteiger partial charge in [-0.15, -0.1) is 11.3 Å². The first-order valence-electron chi connectivity index (χ1n) is 6.33. The summed E-state index contributed by atoms with van der Waals surface area (Å²) in [7, 11) is 1.86. The van der Waals surface area contributed by atoms with Crippen LogP contribution < -0.4 is 5.32 Å². The van der Waals surface area contributed by atoms with E-state index in [1.807, 2.05) is 13.1 Å². The third-order valence-electron chi connectivity index (χ3n) is 3.23. The van der Waals surface area contributed by atoms with Gasteiger partial charge in [0.15, 0.2) is 11.6 Å². The number of hydrogen-bond acceptors (Lipinski definition) is 2. The van der Waals surface area contributed by atoms with Gasteiger partial charge in [-0.25, -0.2) is 8.78 Å². The normalized spacial score (nSPS) is 12.6. The zero-order chi connectivity index (χ0) is 13.7. The van der Waals surface area contributed by atoms with E-state index in [1.165, 1.54) is 4.88 Å². The van der Waals surface area contributed by atoms with E-state index in [0.29, 0.717) is 12.0 Å². The molecule has 1 unspecified atom stereocenters. The Bertz CT molecular complexity index is 511. The molecule has 1 nitrogen and oxygen atoms in total. The van der Waals surface area contributed by atoms with Crippen LogP contribution >= 0.6 is 11.3 Å². The van der Waals surface area contributed by atoms with Crippen LogP contribution in [0.3, 0.4) is 0 Å². The van der Waals surface area contributed by atoms with Gasteiger partial charge in [-0.2, -0.15) is 0 Å². The maximum atomic E-state index is 13.6. The quantitative estimate of drug-likeness (QED) is 0.849. The number of thiophene rings is 1. The summed E-state index contributed by atoms with van der Waals surface area (Å²) in [5, 5.41) is 5.23. The molecular weight excluding hydrogens is 264 g/mol. The summed E-state index contributed by atoms with van der Waals surface area (Å²) in [6.07, 6.45) is 2.37. The lowest BCUT2D eigenvalue weighted by Crippen LogP contribution is -2.28. The Balaban J connectivity index is 1.96. The molecule has 0 fully saturated rings. The molecule has 0 bridgehead atoms. The van der Waals surface area contributed by atoms with Crippen LogP contribution in [0.2, 0.25) is 0 Å². The number of benzene rings is 1. The van der Waals surface area contributed by atoms with Gasteiger partial charge in [0.05, 0.1) is 0 Å². The van der Waals surface area contributed by atoms with Gasteiger partial charge in [0.1, 0.15) is 0 Å². The average molecular weight is 281 g/mol. The second kappa shape index (κ2) is 6.78. The summed E-state index contributed by atoms with van der Waals surface area (Å²) in [6.45, 7) is 0. The Morgan fingerprint density at radius 2 is 2.05 bits per heavy atom. The fraction of sp³-hybridized carbons (Fsp3) is 0.333. The third kappa shape index (κ3) is 3.85. The number of nitrogens with one attached hydrogen (secondary N) is 1. The molecule has 1 atom stereocenters. The fourth-order valence-corrected chi connectivity index (χ4v) is 2.82. The van der Waals surface area contributed by atoms with Crippen LogP contribution in [0, 0.1) is 11.6 Å². The van der Waals surface area contributed by atoms with Gasteiger partial charge in [-0.1, -0.05) is 18.2 Å². The van der Waals surface area contributed by atoms with Crippen molar-refractivity contribution in [2.75, 3.05) is 7.05 Å². The number of aryl methyl sites for hydroxylation is 1. The van der Waals surface area contributed by atoms with Gasteiger partial charge in [-0.3, -0.25) is 0 Å². The Morgan fingerprint density at radius 1 is 1.21 bits per heavy atom. The van der Waals surface area contributed by atoms with Crippen molar-refractivity contribution in [2.45, 2.75) is 25.3 Å². The SMILES string of the molecule is CNC(CCc1cccs1)Cc1cccc(F)c1F. The minimum Gasteiger partial charge on any atom is -0.317 e. The highest BCUT2D eigenvalue weighted by Crippen LogP contribution is 2.17. The molecule has 1 heterocycles. The minimum atomic E-state index is -0.773. The van der Waals surface area contributed by atoms with Crippen molar-refractivity contribution in [2.24, 2.45) is 0 Å². The van der Waals surface area contributed by atoms with E-state index in [2.05, 4.69) is 16.8 Å². The molecule has 0 saturated carbocycles. The predicted molar refractivity (Wildman–Crippen MR) is 75.5 cm³/mol. The first-order valence-corrected chi connectivity index (χ1v) is 7.21. The lowest BCUT2D eigenvalue weighted by Gasteiger charge is -2.16. The first-order chi connectivity index (χ1) is 9.20. The van der Waals surface area contributed by atoms with Crippen molar-refractivity contribution in [3.05, 3.63) is 57.8 Å². The molecule has 1 N–H and O–H groups in total. The fourth-order valence-electron chi connectivity index (χ4n) is 2.09. The van der Waals surface area contributed by atoms with Crippen LogP contribution in [0.5, 0.6) is 0 Å². The van der Waals surface area contributed by atoms with Crippen LogP contribution in [-0.2, 0) is 12.8 Å². The van der Waals surface area contributed by atoms with E-state index in [4.69, 9.17) is 0 Å². The molecule has 0 amide bonds. The van der Waals surface area contributed by atoms with Gasteiger partial charge in [0.2, 0.25) is 0 Å². The Kier molecular flexibility index (Phi) is 5.05. The highest BCUT2D eigenvalue weighted by atomic mass is 32.1. The maximum absolute atomic E-state index is 13.6. The lowest BCUT2D eigenvalue weighted by atomic mass is 10.0. The predicted octanol–water partition coefficient (Wildman–Crippen LogP) is 3.79. The number of halogens is 2. The Morgan fingerprint density at radius 3 is 2.74 bits per heavy atom. The number of likely N-dealkylation sites (N-methyl/N-ethyl adjacent to an activating group) is 1. The first kappa shape index (κ1) is 14.2. The molecular formula is C15H17F2NS. The average Bonchev–Trinajstić information content (AvgIpc) is 2.92.